The predicted molar refractivity (Wildman–Crippen MR) is 41.0 cm³/mol. The van der Waals surface area contributed by atoms with Crippen LogP contribution in [0.4, 0.5) is 4.39 Å². The Labute approximate surface area is 68.6 Å². The van der Waals surface area contributed by atoms with Gasteiger partial charge in [-0.1, -0.05) is 17.7 Å². The maximum Gasteiger partial charge on any atom is 0.129 e. The van der Waals surface area contributed by atoms with Gasteiger partial charge in [0.1, 0.15) is 5.82 Å². The number of hydrogen-bond acceptors (Lipinski definition) is 0. The summed E-state index contributed by atoms with van der Waals surface area (Å²) in [6.45, 7) is 0. The highest BCUT2D eigenvalue weighted by Crippen LogP contribution is 2.15. The lowest BCUT2D eigenvalue weighted by atomic mass is 10.2. The van der Waals surface area contributed by atoms with E-state index < -0.39 is 0 Å². The molecule has 0 aliphatic rings. The van der Waals surface area contributed by atoms with Crippen molar-refractivity contribution in [1.29, 1.82) is 0 Å². The molecule has 0 heterocycles. The van der Waals surface area contributed by atoms with Crippen LogP contribution in [0, 0.1) is 5.82 Å². The molecule has 10 heavy (non-hydrogen) atoms. The summed E-state index contributed by atoms with van der Waals surface area (Å²) in [5, 5.41) is 0.395. The molecule has 0 unspecified atom stereocenters. The van der Waals surface area contributed by atoms with Crippen molar-refractivity contribution in [3.05, 3.63) is 34.6 Å². The summed E-state index contributed by atoms with van der Waals surface area (Å²) in [6.07, 6.45) is 0. The molecule has 0 fully saturated rings. The monoisotopic (exact) mass is 178 g/mol. The second-order valence-corrected chi connectivity index (χ2v) is 2.57. The Kier molecular flexibility index (Phi) is 2.52. The predicted octanol–water partition coefficient (Wildman–Crippen LogP) is 3.22. The molecule has 54 valence electrons. The smallest absolute Gasteiger partial charge is 0.129 e. The van der Waals surface area contributed by atoms with E-state index in [1.54, 1.807) is 12.1 Å². The molecular formula is C7H5Cl2F. The summed E-state index contributed by atoms with van der Waals surface area (Å²) in [6, 6.07) is 4.44. The maximum atomic E-state index is 12.7. The summed E-state index contributed by atoms with van der Waals surface area (Å²) in [7, 11) is 0. The molecule has 0 amide bonds. The van der Waals surface area contributed by atoms with Gasteiger partial charge in [0, 0.05) is 10.6 Å². The van der Waals surface area contributed by atoms with Crippen LogP contribution in [0.15, 0.2) is 18.2 Å². The number of benzene rings is 1. The third-order valence-electron chi connectivity index (χ3n) is 1.16. The van der Waals surface area contributed by atoms with E-state index in [1.165, 1.54) is 6.07 Å². The average molecular weight is 179 g/mol. The van der Waals surface area contributed by atoms with Crippen molar-refractivity contribution in [3.8, 4) is 0 Å². The van der Waals surface area contributed by atoms with Crippen LogP contribution in [0.1, 0.15) is 5.56 Å². The topological polar surface area (TPSA) is 0 Å². The molecule has 0 aliphatic heterocycles. The lowest BCUT2D eigenvalue weighted by Gasteiger charge is -1.96. The fraction of sp³-hybridized carbons (Fsp3) is 0.143. The second-order valence-electron chi connectivity index (χ2n) is 1.87. The van der Waals surface area contributed by atoms with Crippen molar-refractivity contribution < 1.29 is 4.39 Å². The molecule has 1 aromatic carbocycles. The summed E-state index contributed by atoms with van der Waals surface area (Å²) in [5.74, 6) is -0.161. The van der Waals surface area contributed by atoms with Crippen LogP contribution in [-0.4, -0.2) is 0 Å². The number of alkyl halides is 1. The molecule has 1 aromatic rings. The summed E-state index contributed by atoms with van der Waals surface area (Å²) in [5.41, 5.74) is 0.478. The van der Waals surface area contributed by atoms with Crippen LogP contribution in [0.3, 0.4) is 0 Å². The molecule has 0 saturated heterocycles. The van der Waals surface area contributed by atoms with E-state index in [-0.39, 0.29) is 11.7 Å². The van der Waals surface area contributed by atoms with E-state index in [2.05, 4.69) is 0 Å². The Hall–Kier alpha value is -0.270. The van der Waals surface area contributed by atoms with Crippen molar-refractivity contribution in [2.45, 2.75) is 5.88 Å². The first-order chi connectivity index (χ1) is 4.74. The standard InChI is InChI=1S/C7H5Cl2F/c8-4-5-1-2-6(9)3-7(5)10/h1-3H,4H2. The molecular weight excluding hydrogens is 174 g/mol. The zero-order valence-electron chi connectivity index (χ0n) is 5.07. The van der Waals surface area contributed by atoms with Crippen LogP contribution in [0.5, 0.6) is 0 Å². The first-order valence-corrected chi connectivity index (χ1v) is 3.65. The Morgan fingerprint density at radius 2 is 2.10 bits per heavy atom. The van der Waals surface area contributed by atoms with Gasteiger partial charge in [-0.2, -0.15) is 0 Å². The quantitative estimate of drug-likeness (QED) is 0.580. The van der Waals surface area contributed by atoms with E-state index in [0.717, 1.165) is 0 Å². The van der Waals surface area contributed by atoms with Crippen LogP contribution < -0.4 is 0 Å². The summed E-state index contributed by atoms with van der Waals surface area (Å²) >= 11 is 10.9. The number of hydrogen-bond donors (Lipinski definition) is 0. The number of rotatable bonds is 1. The van der Waals surface area contributed by atoms with Crippen LogP contribution in [0.2, 0.25) is 5.02 Å². The van der Waals surface area contributed by atoms with E-state index in [0.29, 0.717) is 10.6 Å². The molecule has 0 spiro atoms. The molecule has 0 aromatic heterocycles. The third-order valence-corrected chi connectivity index (χ3v) is 1.68. The summed E-state index contributed by atoms with van der Waals surface area (Å²) in [4.78, 5) is 0. The molecule has 0 aliphatic carbocycles. The highest BCUT2D eigenvalue weighted by Gasteiger charge is 1.99. The first kappa shape index (κ1) is 7.83. The molecule has 1 rings (SSSR count). The minimum absolute atomic E-state index is 0.184. The number of halogens is 3. The van der Waals surface area contributed by atoms with Gasteiger partial charge in [0.05, 0.1) is 5.88 Å². The van der Waals surface area contributed by atoms with Crippen LogP contribution >= 0.6 is 23.2 Å². The van der Waals surface area contributed by atoms with Gasteiger partial charge in [0.25, 0.3) is 0 Å². The highest BCUT2D eigenvalue weighted by molar-refractivity contribution is 6.30. The zero-order valence-corrected chi connectivity index (χ0v) is 6.58. The minimum Gasteiger partial charge on any atom is -0.207 e. The third kappa shape index (κ3) is 1.61. The Bertz CT molecular complexity index is 235. The first-order valence-electron chi connectivity index (χ1n) is 2.74. The Morgan fingerprint density at radius 1 is 1.40 bits per heavy atom. The van der Waals surface area contributed by atoms with Crippen molar-refractivity contribution >= 4 is 23.2 Å². The average Bonchev–Trinajstić information content (AvgIpc) is 1.88. The van der Waals surface area contributed by atoms with Gasteiger partial charge in [-0.05, 0) is 12.1 Å². The van der Waals surface area contributed by atoms with E-state index in [9.17, 15) is 4.39 Å². The Balaban J connectivity index is 3.07. The molecule has 0 nitrogen and oxygen atoms in total. The van der Waals surface area contributed by atoms with Crippen LogP contribution in [-0.2, 0) is 5.88 Å². The van der Waals surface area contributed by atoms with Crippen molar-refractivity contribution in [3.63, 3.8) is 0 Å². The SMILES string of the molecule is Fc1cc(Cl)ccc1CCl. The van der Waals surface area contributed by atoms with Crippen molar-refractivity contribution in [2.24, 2.45) is 0 Å². The van der Waals surface area contributed by atoms with Gasteiger partial charge in [-0.25, -0.2) is 4.39 Å². The summed E-state index contributed by atoms with van der Waals surface area (Å²) < 4.78 is 12.7. The largest absolute Gasteiger partial charge is 0.207 e. The van der Waals surface area contributed by atoms with Crippen molar-refractivity contribution in [1.82, 2.24) is 0 Å². The second kappa shape index (κ2) is 3.22. The van der Waals surface area contributed by atoms with E-state index in [1.807, 2.05) is 0 Å². The minimum atomic E-state index is -0.345. The molecule has 0 atom stereocenters. The molecule has 0 saturated carbocycles. The van der Waals surface area contributed by atoms with Crippen LogP contribution in [0.25, 0.3) is 0 Å². The maximum absolute atomic E-state index is 12.7. The molecule has 0 N–H and O–H groups in total. The molecule has 0 radical (unpaired) electrons. The van der Waals surface area contributed by atoms with E-state index >= 15 is 0 Å². The fourth-order valence-electron chi connectivity index (χ4n) is 0.630. The van der Waals surface area contributed by atoms with E-state index in [4.69, 9.17) is 23.2 Å². The Morgan fingerprint density at radius 3 is 2.60 bits per heavy atom. The fourth-order valence-corrected chi connectivity index (χ4v) is 1.01. The lowest BCUT2D eigenvalue weighted by molar-refractivity contribution is 0.617. The normalized spacial score (nSPS) is 9.90. The highest BCUT2D eigenvalue weighted by atomic mass is 35.5. The molecule has 3 heteroatoms. The van der Waals surface area contributed by atoms with Gasteiger partial charge in [0.2, 0.25) is 0 Å². The lowest BCUT2D eigenvalue weighted by Crippen LogP contribution is -1.83. The van der Waals surface area contributed by atoms with Gasteiger partial charge in [0.15, 0.2) is 0 Å². The van der Waals surface area contributed by atoms with Gasteiger partial charge in [-0.3, -0.25) is 0 Å². The zero-order chi connectivity index (χ0) is 7.56. The van der Waals surface area contributed by atoms with Crippen molar-refractivity contribution in [2.75, 3.05) is 0 Å². The van der Waals surface area contributed by atoms with Gasteiger partial charge in [-0.15, -0.1) is 11.6 Å². The van der Waals surface area contributed by atoms with Gasteiger partial charge < -0.3 is 0 Å². The molecule has 0 bridgehead atoms. The van der Waals surface area contributed by atoms with Gasteiger partial charge >= 0.3 is 0 Å².